The predicted molar refractivity (Wildman–Crippen MR) is 59.7 cm³/mol. The first-order valence-corrected chi connectivity index (χ1v) is 5.65. The Hall–Kier alpha value is -0.260. The third kappa shape index (κ3) is 1.98. The summed E-state index contributed by atoms with van der Waals surface area (Å²) >= 11 is 0. The van der Waals surface area contributed by atoms with Crippen LogP contribution in [0.4, 0.5) is 0 Å². The quantitative estimate of drug-likeness (QED) is 0.552. The van der Waals surface area contributed by atoms with Crippen molar-refractivity contribution in [1.82, 2.24) is 0 Å². The van der Waals surface area contributed by atoms with Crippen LogP contribution in [0.5, 0.6) is 0 Å². The number of hydrogen-bond donors (Lipinski definition) is 0. The van der Waals surface area contributed by atoms with Crippen molar-refractivity contribution in [2.45, 2.75) is 53.4 Å². The van der Waals surface area contributed by atoms with Crippen LogP contribution in [0.25, 0.3) is 0 Å². The van der Waals surface area contributed by atoms with E-state index in [2.05, 4.69) is 34.3 Å². The van der Waals surface area contributed by atoms with E-state index in [1.54, 1.807) is 0 Å². The summed E-state index contributed by atoms with van der Waals surface area (Å²) in [6.45, 7) is 13.6. The van der Waals surface area contributed by atoms with Crippen LogP contribution in [-0.4, -0.2) is 0 Å². The molecule has 0 radical (unpaired) electrons. The van der Waals surface area contributed by atoms with Crippen LogP contribution in [0, 0.1) is 17.3 Å². The number of rotatable bonds is 2. The van der Waals surface area contributed by atoms with Crippen LogP contribution in [-0.2, 0) is 0 Å². The molecule has 0 aromatic carbocycles. The van der Waals surface area contributed by atoms with E-state index in [9.17, 15) is 0 Å². The second kappa shape index (κ2) is 3.86. The molecule has 0 nitrogen and oxygen atoms in total. The molecule has 0 aliphatic heterocycles. The molecule has 13 heavy (non-hydrogen) atoms. The Balaban J connectivity index is 2.75. The number of allylic oxidation sites excluding steroid dienone is 1. The Morgan fingerprint density at radius 2 is 1.38 bits per heavy atom. The van der Waals surface area contributed by atoms with Crippen LogP contribution in [0.15, 0.2) is 12.2 Å². The molecule has 1 aliphatic rings. The molecule has 0 amide bonds. The van der Waals surface area contributed by atoms with Crippen molar-refractivity contribution in [3.8, 4) is 0 Å². The monoisotopic (exact) mass is 180 g/mol. The second-order valence-electron chi connectivity index (χ2n) is 5.29. The molecule has 0 aromatic heterocycles. The van der Waals surface area contributed by atoms with E-state index >= 15 is 0 Å². The third-order valence-corrected chi connectivity index (χ3v) is 4.19. The average Bonchev–Trinajstić information content (AvgIpc) is 2.04. The first-order chi connectivity index (χ1) is 5.99. The van der Waals surface area contributed by atoms with Gasteiger partial charge in [0.15, 0.2) is 0 Å². The zero-order valence-corrected chi connectivity index (χ0v) is 9.69. The molecule has 0 aromatic rings. The zero-order chi connectivity index (χ0) is 10.1. The van der Waals surface area contributed by atoms with Crippen LogP contribution in [0.3, 0.4) is 0 Å². The summed E-state index contributed by atoms with van der Waals surface area (Å²) in [5, 5.41) is 0. The highest BCUT2D eigenvalue weighted by Gasteiger charge is 2.38. The molecule has 0 heteroatoms. The standard InChI is InChI=1S/C13H24/c1-10(2)13(11(3)4)8-6-12(5)7-9-13/h10-11H,5-9H2,1-4H3. The van der Waals surface area contributed by atoms with Gasteiger partial charge in [-0.1, -0.05) is 39.8 Å². The van der Waals surface area contributed by atoms with Crippen molar-refractivity contribution in [2.24, 2.45) is 17.3 Å². The van der Waals surface area contributed by atoms with Gasteiger partial charge in [-0.3, -0.25) is 0 Å². The largest absolute Gasteiger partial charge is 0.0999 e. The van der Waals surface area contributed by atoms with E-state index in [-0.39, 0.29) is 0 Å². The van der Waals surface area contributed by atoms with Gasteiger partial charge in [-0.2, -0.15) is 0 Å². The Morgan fingerprint density at radius 3 is 1.69 bits per heavy atom. The highest BCUT2D eigenvalue weighted by atomic mass is 14.4. The van der Waals surface area contributed by atoms with Crippen LogP contribution < -0.4 is 0 Å². The molecule has 0 atom stereocenters. The van der Waals surface area contributed by atoms with E-state index in [1.807, 2.05) is 0 Å². The van der Waals surface area contributed by atoms with E-state index in [4.69, 9.17) is 0 Å². The van der Waals surface area contributed by atoms with Gasteiger partial charge in [-0.25, -0.2) is 0 Å². The molecule has 1 fully saturated rings. The summed E-state index contributed by atoms with van der Waals surface area (Å²) in [7, 11) is 0. The lowest BCUT2D eigenvalue weighted by Gasteiger charge is -2.45. The van der Waals surface area contributed by atoms with Gasteiger partial charge in [0.1, 0.15) is 0 Å². The lowest BCUT2D eigenvalue weighted by Crippen LogP contribution is -2.35. The van der Waals surface area contributed by atoms with Crippen molar-refractivity contribution in [3.05, 3.63) is 12.2 Å². The van der Waals surface area contributed by atoms with Crippen molar-refractivity contribution in [3.63, 3.8) is 0 Å². The lowest BCUT2D eigenvalue weighted by atomic mass is 9.60. The highest BCUT2D eigenvalue weighted by molar-refractivity contribution is 5.04. The van der Waals surface area contributed by atoms with E-state index < -0.39 is 0 Å². The van der Waals surface area contributed by atoms with Crippen molar-refractivity contribution >= 4 is 0 Å². The van der Waals surface area contributed by atoms with Crippen LogP contribution in [0.1, 0.15) is 53.4 Å². The van der Waals surface area contributed by atoms with Gasteiger partial charge in [0.05, 0.1) is 0 Å². The van der Waals surface area contributed by atoms with Gasteiger partial charge in [0, 0.05) is 0 Å². The molecule has 0 bridgehead atoms. The summed E-state index contributed by atoms with van der Waals surface area (Å²) in [5.41, 5.74) is 2.07. The maximum atomic E-state index is 4.10. The molecule has 1 aliphatic carbocycles. The summed E-state index contributed by atoms with van der Waals surface area (Å²) in [6.07, 6.45) is 5.25. The van der Waals surface area contributed by atoms with Gasteiger partial charge in [0.25, 0.3) is 0 Å². The van der Waals surface area contributed by atoms with Gasteiger partial charge in [-0.05, 0) is 42.9 Å². The fraction of sp³-hybridized carbons (Fsp3) is 0.846. The summed E-state index contributed by atoms with van der Waals surface area (Å²) in [4.78, 5) is 0. The van der Waals surface area contributed by atoms with Gasteiger partial charge in [0.2, 0.25) is 0 Å². The fourth-order valence-corrected chi connectivity index (χ4v) is 2.89. The van der Waals surface area contributed by atoms with Gasteiger partial charge in [-0.15, -0.1) is 0 Å². The Kier molecular flexibility index (Phi) is 3.21. The van der Waals surface area contributed by atoms with E-state index in [1.165, 1.54) is 31.3 Å². The van der Waals surface area contributed by atoms with Crippen molar-refractivity contribution < 1.29 is 0 Å². The maximum absolute atomic E-state index is 4.10. The van der Waals surface area contributed by atoms with E-state index in [0.717, 1.165) is 11.8 Å². The normalized spacial score (nSPS) is 22.8. The van der Waals surface area contributed by atoms with Crippen molar-refractivity contribution in [1.29, 1.82) is 0 Å². The third-order valence-electron chi connectivity index (χ3n) is 4.19. The molecule has 0 unspecified atom stereocenters. The first-order valence-electron chi connectivity index (χ1n) is 5.65. The average molecular weight is 180 g/mol. The minimum Gasteiger partial charge on any atom is -0.0999 e. The second-order valence-corrected chi connectivity index (χ2v) is 5.29. The lowest BCUT2D eigenvalue weighted by molar-refractivity contribution is 0.0729. The van der Waals surface area contributed by atoms with Gasteiger partial charge >= 0.3 is 0 Å². The SMILES string of the molecule is C=C1CCC(C(C)C)(C(C)C)CC1. The molecule has 1 rings (SSSR count). The molecule has 1 saturated carbocycles. The Morgan fingerprint density at radius 1 is 1.00 bits per heavy atom. The first kappa shape index (κ1) is 10.8. The zero-order valence-electron chi connectivity index (χ0n) is 9.69. The summed E-state index contributed by atoms with van der Waals surface area (Å²) in [5.74, 6) is 1.64. The molecule has 0 N–H and O–H groups in total. The topological polar surface area (TPSA) is 0 Å². The molecule has 76 valence electrons. The summed E-state index contributed by atoms with van der Waals surface area (Å²) < 4.78 is 0. The molecular formula is C13H24. The molecular weight excluding hydrogens is 156 g/mol. The van der Waals surface area contributed by atoms with Crippen LogP contribution in [0.2, 0.25) is 0 Å². The minimum atomic E-state index is 0.598. The van der Waals surface area contributed by atoms with Crippen molar-refractivity contribution in [2.75, 3.05) is 0 Å². The van der Waals surface area contributed by atoms with Crippen LogP contribution >= 0.6 is 0 Å². The molecule has 0 heterocycles. The smallest absolute Gasteiger partial charge is 0.0245 e. The molecule has 0 spiro atoms. The summed E-state index contributed by atoms with van der Waals surface area (Å²) in [6, 6.07) is 0. The minimum absolute atomic E-state index is 0.598. The van der Waals surface area contributed by atoms with Gasteiger partial charge < -0.3 is 0 Å². The van der Waals surface area contributed by atoms with E-state index in [0.29, 0.717) is 5.41 Å². The highest BCUT2D eigenvalue weighted by Crippen LogP contribution is 2.48. The predicted octanol–water partition coefficient (Wildman–Crippen LogP) is 4.42. The Labute approximate surface area is 83.4 Å². The fourth-order valence-electron chi connectivity index (χ4n) is 2.89. The Bertz CT molecular complexity index is 166. The number of hydrogen-bond acceptors (Lipinski definition) is 0. The maximum Gasteiger partial charge on any atom is -0.0245 e. The molecule has 0 saturated heterocycles.